The number of halogens is 2. The molecule has 6 nitrogen and oxygen atoms in total. The van der Waals surface area contributed by atoms with Crippen molar-refractivity contribution in [2.24, 2.45) is 0 Å². The Morgan fingerprint density at radius 2 is 1.91 bits per heavy atom. The molecule has 0 saturated heterocycles. The number of pyridine rings is 1. The zero-order valence-electron chi connectivity index (χ0n) is 17.3. The average molecular weight is 462 g/mol. The van der Waals surface area contributed by atoms with Crippen molar-refractivity contribution in [1.82, 2.24) is 14.5 Å². The van der Waals surface area contributed by atoms with Crippen molar-refractivity contribution in [3.8, 4) is 11.1 Å². The topological polar surface area (TPSA) is 76.9 Å². The molecule has 5 aromatic rings. The van der Waals surface area contributed by atoms with Crippen molar-refractivity contribution in [2.45, 2.75) is 13.5 Å². The van der Waals surface area contributed by atoms with E-state index in [4.69, 9.17) is 0 Å². The highest BCUT2D eigenvalue weighted by Crippen LogP contribution is 2.37. The summed E-state index contributed by atoms with van der Waals surface area (Å²) in [4.78, 5) is 35.3. The first-order valence-corrected chi connectivity index (χ1v) is 10.8. The summed E-state index contributed by atoms with van der Waals surface area (Å²) in [6, 6.07) is 14.6. The molecule has 1 N–H and O–H groups in total. The van der Waals surface area contributed by atoms with Crippen molar-refractivity contribution in [2.75, 3.05) is 5.32 Å². The monoisotopic (exact) mass is 462 g/mol. The molecule has 0 fully saturated rings. The summed E-state index contributed by atoms with van der Waals surface area (Å²) in [7, 11) is 0. The van der Waals surface area contributed by atoms with Gasteiger partial charge in [0.25, 0.3) is 5.56 Å². The summed E-state index contributed by atoms with van der Waals surface area (Å²) >= 11 is 1.22. The van der Waals surface area contributed by atoms with E-state index in [0.717, 1.165) is 38.9 Å². The molecule has 0 spiro atoms. The van der Waals surface area contributed by atoms with E-state index in [2.05, 4.69) is 15.3 Å². The SMILES string of the molecule is Cc1cc(-c2ccccc2)c2c(n1)sc1c(=O)n(CC(=O)Nc3ccc(F)cc3F)cnc12. The Balaban J connectivity index is 1.55. The minimum atomic E-state index is -0.899. The molecule has 3 heterocycles. The van der Waals surface area contributed by atoms with Crippen LogP contribution in [-0.2, 0) is 11.3 Å². The van der Waals surface area contributed by atoms with Crippen molar-refractivity contribution in [3.63, 3.8) is 0 Å². The van der Waals surface area contributed by atoms with Gasteiger partial charge in [0, 0.05) is 17.1 Å². The number of aryl methyl sites for hydroxylation is 1. The van der Waals surface area contributed by atoms with Crippen LogP contribution in [0, 0.1) is 18.6 Å². The van der Waals surface area contributed by atoms with Gasteiger partial charge in [0.15, 0.2) is 0 Å². The molecule has 33 heavy (non-hydrogen) atoms. The van der Waals surface area contributed by atoms with Gasteiger partial charge in [-0.3, -0.25) is 14.2 Å². The Morgan fingerprint density at radius 3 is 2.67 bits per heavy atom. The van der Waals surface area contributed by atoms with Crippen molar-refractivity contribution in [3.05, 3.63) is 88.6 Å². The number of amides is 1. The summed E-state index contributed by atoms with van der Waals surface area (Å²) in [6.45, 7) is 1.52. The number of nitrogens with one attached hydrogen (secondary N) is 1. The lowest BCUT2D eigenvalue weighted by Crippen LogP contribution is -2.27. The molecule has 0 aliphatic carbocycles. The van der Waals surface area contributed by atoms with Crippen LogP contribution < -0.4 is 10.9 Å². The second-order valence-corrected chi connectivity index (χ2v) is 8.49. The first-order chi connectivity index (χ1) is 15.9. The standard InChI is InChI=1S/C24H16F2N4O2S/c1-13-9-16(14-5-3-2-4-6-14)20-21-22(33-23(20)28-13)24(32)30(12-27-21)11-19(31)29-18-8-7-15(25)10-17(18)26/h2-10,12H,11H2,1H3,(H,29,31). The number of hydrogen-bond acceptors (Lipinski definition) is 5. The molecule has 0 aliphatic rings. The lowest BCUT2D eigenvalue weighted by Gasteiger charge is -2.08. The van der Waals surface area contributed by atoms with Crippen LogP contribution in [0.2, 0.25) is 0 Å². The van der Waals surface area contributed by atoms with Crippen LogP contribution in [0.3, 0.4) is 0 Å². The second kappa shape index (κ2) is 8.18. The van der Waals surface area contributed by atoms with Crippen molar-refractivity contribution in [1.29, 1.82) is 0 Å². The lowest BCUT2D eigenvalue weighted by atomic mass is 10.0. The van der Waals surface area contributed by atoms with Gasteiger partial charge in [-0.15, -0.1) is 11.3 Å². The van der Waals surface area contributed by atoms with Gasteiger partial charge in [-0.2, -0.15) is 0 Å². The quantitative estimate of drug-likeness (QED) is 0.412. The number of carbonyl (C=O) groups is 1. The number of rotatable bonds is 4. The summed E-state index contributed by atoms with van der Waals surface area (Å²) in [6.07, 6.45) is 1.30. The van der Waals surface area contributed by atoms with E-state index < -0.39 is 23.1 Å². The highest BCUT2D eigenvalue weighted by Gasteiger charge is 2.18. The smallest absolute Gasteiger partial charge is 0.271 e. The molecule has 0 radical (unpaired) electrons. The number of nitrogens with zero attached hydrogens (tertiary/aromatic N) is 3. The fourth-order valence-electron chi connectivity index (χ4n) is 3.68. The molecule has 0 atom stereocenters. The van der Waals surface area contributed by atoms with Gasteiger partial charge in [-0.05, 0) is 36.2 Å². The molecule has 0 bridgehead atoms. The summed E-state index contributed by atoms with van der Waals surface area (Å²) in [5.74, 6) is -2.28. The van der Waals surface area contributed by atoms with E-state index in [1.807, 2.05) is 43.3 Å². The predicted octanol–water partition coefficient (Wildman–Crippen LogP) is 4.90. The maximum absolute atomic E-state index is 13.8. The number of aromatic nitrogens is 3. The van der Waals surface area contributed by atoms with Gasteiger partial charge in [0.2, 0.25) is 5.91 Å². The van der Waals surface area contributed by atoms with E-state index in [9.17, 15) is 18.4 Å². The molecule has 2 aromatic carbocycles. The lowest BCUT2D eigenvalue weighted by molar-refractivity contribution is -0.116. The minimum absolute atomic E-state index is 0.169. The first kappa shape index (κ1) is 20.9. The highest BCUT2D eigenvalue weighted by atomic mass is 32.1. The fraction of sp³-hybridized carbons (Fsp3) is 0.0833. The van der Waals surface area contributed by atoms with Gasteiger partial charge < -0.3 is 5.32 Å². The molecule has 0 unspecified atom stereocenters. The maximum atomic E-state index is 13.8. The Hall–Kier alpha value is -3.98. The van der Waals surface area contributed by atoms with Crippen molar-refractivity contribution >= 4 is 43.4 Å². The van der Waals surface area contributed by atoms with E-state index >= 15 is 0 Å². The van der Waals surface area contributed by atoms with Crippen LogP contribution in [0.15, 0.2) is 65.7 Å². The maximum Gasteiger partial charge on any atom is 0.271 e. The van der Waals surface area contributed by atoms with E-state index in [0.29, 0.717) is 21.1 Å². The van der Waals surface area contributed by atoms with Crippen LogP contribution >= 0.6 is 11.3 Å². The van der Waals surface area contributed by atoms with Gasteiger partial charge in [-0.1, -0.05) is 30.3 Å². The summed E-state index contributed by atoms with van der Waals surface area (Å²) in [5, 5.41) is 3.13. The molecule has 0 aliphatic heterocycles. The number of hydrogen-bond donors (Lipinski definition) is 1. The van der Waals surface area contributed by atoms with Gasteiger partial charge >= 0.3 is 0 Å². The van der Waals surface area contributed by atoms with Gasteiger partial charge in [0.05, 0.1) is 17.5 Å². The minimum Gasteiger partial charge on any atom is -0.322 e. The Bertz CT molecular complexity index is 1600. The molecular weight excluding hydrogens is 446 g/mol. The van der Waals surface area contributed by atoms with E-state index in [1.54, 1.807) is 0 Å². The predicted molar refractivity (Wildman–Crippen MR) is 124 cm³/mol. The number of carbonyl (C=O) groups excluding carboxylic acids is 1. The number of thiophene rings is 1. The molecule has 0 saturated carbocycles. The summed E-state index contributed by atoms with van der Waals surface area (Å²) < 4.78 is 28.4. The second-order valence-electron chi connectivity index (χ2n) is 7.49. The molecule has 5 rings (SSSR count). The zero-order valence-corrected chi connectivity index (χ0v) is 18.1. The van der Waals surface area contributed by atoms with Crippen LogP contribution in [0.5, 0.6) is 0 Å². The number of benzene rings is 2. The Kier molecular flexibility index (Phi) is 5.18. The number of anilines is 1. The van der Waals surface area contributed by atoms with Crippen LogP contribution in [0.4, 0.5) is 14.5 Å². The van der Waals surface area contributed by atoms with E-state index in [1.165, 1.54) is 17.7 Å². The largest absolute Gasteiger partial charge is 0.322 e. The first-order valence-electron chi connectivity index (χ1n) is 10.0. The molecule has 9 heteroatoms. The molecule has 3 aromatic heterocycles. The fourth-order valence-corrected chi connectivity index (χ4v) is 4.83. The van der Waals surface area contributed by atoms with Crippen LogP contribution in [-0.4, -0.2) is 20.4 Å². The average Bonchev–Trinajstić information content (AvgIpc) is 3.17. The molecular formula is C24H16F2N4O2S. The normalized spacial score (nSPS) is 11.2. The third kappa shape index (κ3) is 3.87. The Labute approximate surface area is 190 Å². The number of fused-ring (bicyclic) bond motifs is 3. The highest BCUT2D eigenvalue weighted by molar-refractivity contribution is 7.25. The third-order valence-corrected chi connectivity index (χ3v) is 6.21. The third-order valence-electron chi connectivity index (χ3n) is 5.15. The molecule has 1 amide bonds. The van der Waals surface area contributed by atoms with Crippen LogP contribution in [0.1, 0.15) is 5.69 Å². The van der Waals surface area contributed by atoms with E-state index in [-0.39, 0.29) is 12.2 Å². The molecule has 164 valence electrons. The Morgan fingerprint density at radius 1 is 1.12 bits per heavy atom. The summed E-state index contributed by atoms with van der Waals surface area (Å²) in [5.41, 5.74) is 2.69. The van der Waals surface area contributed by atoms with Gasteiger partial charge in [-0.25, -0.2) is 18.7 Å². The van der Waals surface area contributed by atoms with Gasteiger partial charge in [0.1, 0.15) is 27.7 Å². The zero-order chi connectivity index (χ0) is 23.1. The van der Waals surface area contributed by atoms with Crippen LogP contribution in [0.25, 0.3) is 31.6 Å². The van der Waals surface area contributed by atoms with Crippen molar-refractivity contribution < 1.29 is 13.6 Å².